The van der Waals surface area contributed by atoms with Crippen molar-refractivity contribution < 1.29 is 0 Å². The molecule has 0 amide bonds. The Hall–Kier alpha value is -2.60. The summed E-state index contributed by atoms with van der Waals surface area (Å²) in [5.41, 5.74) is 3.27. The summed E-state index contributed by atoms with van der Waals surface area (Å²) in [6, 6.07) is 18.3. The van der Waals surface area contributed by atoms with E-state index in [0.717, 1.165) is 40.0 Å². The number of hydrogen-bond acceptors (Lipinski definition) is 4. The monoisotopic (exact) mass is 321 g/mol. The van der Waals surface area contributed by atoms with E-state index < -0.39 is 0 Å². The highest BCUT2D eigenvalue weighted by Gasteiger charge is 2.07. The minimum atomic E-state index is 0.720. The fourth-order valence-electron chi connectivity index (χ4n) is 2.42. The standard InChI is InChI=1S/C17H15N5S/c1-2-6-12(7-3-1)10-15-20-17(22-21-15)23-11-16-18-13-8-4-5-9-14(13)19-16/h1-9H,10-11H2,(H,18,19)(H,20,21,22). The summed E-state index contributed by atoms with van der Waals surface area (Å²) in [5.74, 6) is 2.53. The van der Waals surface area contributed by atoms with E-state index in [2.05, 4.69) is 37.3 Å². The van der Waals surface area contributed by atoms with Crippen LogP contribution in [0, 0.1) is 0 Å². The second-order valence-corrected chi connectivity index (χ2v) is 6.16. The molecule has 2 aromatic carbocycles. The van der Waals surface area contributed by atoms with Gasteiger partial charge in [0.15, 0.2) is 0 Å². The number of imidazole rings is 1. The Labute approximate surface area is 137 Å². The molecule has 0 atom stereocenters. The number of aromatic nitrogens is 5. The predicted octanol–water partition coefficient (Wildman–Crippen LogP) is 3.56. The van der Waals surface area contributed by atoms with Gasteiger partial charge in [-0.2, -0.15) is 0 Å². The third-order valence-corrected chi connectivity index (χ3v) is 4.36. The van der Waals surface area contributed by atoms with Gasteiger partial charge in [0.2, 0.25) is 5.16 Å². The van der Waals surface area contributed by atoms with Crippen LogP contribution >= 0.6 is 11.8 Å². The van der Waals surface area contributed by atoms with Crippen molar-refractivity contribution in [1.29, 1.82) is 0 Å². The summed E-state index contributed by atoms with van der Waals surface area (Å²) < 4.78 is 0. The van der Waals surface area contributed by atoms with Crippen molar-refractivity contribution in [2.75, 3.05) is 0 Å². The third kappa shape index (κ3) is 3.27. The molecule has 0 aliphatic rings. The molecule has 2 aromatic heterocycles. The maximum absolute atomic E-state index is 4.56. The smallest absolute Gasteiger partial charge is 0.208 e. The summed E-state index contributed by atoms with van der Waals surface area (Å²) >= 11 is 1.57. The van der Waals surface area contributed by atoms with E-state index in [4.69, 9.17) is 0 Å². The number of H-pyrrole nitrogens is 2. The zero-order valence-electron chi connectivity index (χ0n) is 12.4. The van der Waals surface area contributed by atoms with E-state index >= 15 is 0 Å². The second kappa shape index (κ2) is 6.26. The van der Waals surface area contributed by atoms with Gasteiger partial charge < -0.3 is 4.98 Å². The SMILES string of the molecule is c1ccc(Cc2nc(SCc3nc4ccccc4[nH]3)n[nH]2)cc1. The lowest BCUT2D eigenvalue weighted by Crippen LogP contribution is -1.90. The Bertz CT molecular complexity index is 880. The zero-order valence-corrected chi connectivity index (χ0v) is 13.2. The molecule has 0 saturated carbocycles. The van der Waals surface area contributed by atoms with E-state index in [-0.39, 0.29) is 0 Å². The molecule has 0 aliphatic heterocycles. The lowest BCUT2D eigenvalue weighted by atomic mass is 10.1. The number of aromatic amines is 2. The summed E-state index contributed by atoms with van der Waals surface area (Å²) in [7, 11) is 0. The lowest BCUT2D eigenvalue weighted by molar-refractivity contribution is 0.955. The van der Waals surface area contributed by atoms with Gasteiger partial charge in [0.1, 0.15) is 11.6 Å². The highest BCUT2D eigenvalue weighted by atomic mass is 32.2. The van der Waals surface area contributed by atoms with Gasteiger partial charge in [-0.05, 0) is 17.7 Å². The van der Waals surface area contributed by atoms with E-state index in [1.807, 2.05) is 42.5 Å². The fraction of sp³-hybridized carbons (Fsp3) is 0.118. The second-order valence-electron chi connectivity index (χ2n) is 5.22. The maximum Gasteiger partial charge on any atom is 0.208 e. The van der Waals surface area contributed by atoms with Crippen LogP contribution < -0.4 is 0 Å². The van der Waals surface area contributed by atoms with Crippen LogP contribution in [-0.4, -0.2) is 25.1 Å². The number of benzene rings is 2. The molecule has 23 heavy (non-hydrogen) atoms. The van der Waals surface area contributed by atoms with E-state index in [9.17, 15) is 0 Å². The van der Waals surface area contributed by atoms with Crippen LogP contribution in [0.25, 0.3) is 11.0 Å². The highest BCUT2D eigenvalue weighted by Crippen LogP contribution is 2.20. The molecule has 0 bridgehead atoms. The molecule has 0 saturated heterocycles. The van der Waals surface area contributed by atoms with Crippen molar-refractivity contribution in [3.8, 4) is 0 Å². The molecule has 0 spiro atoms. The van der Waals surface area contributed by atoms with Gasteiger partial charge in [-0.15, -0.1) is 5.10 Å². The molecule has 4 rings (SSSR count). The van der Waals surface area contributed by atoms with Crippen LogP contribution in [0.15, 0.2) is 59.8 Å². The summed E-state index contributed by atoms with van der Waals surface area (Å²) in [4.78, 5) is 12.4. The predicted molar refractivity (Wildman–Crippen MR) is 91.3 cm³/mol. The Morgan fingerprint density at radius 2 is 1.70 bits per heavy atom. The normalized spacial score (nSPS) is 11.1. The number of hydrogen-bond donors (Lipinski definition) is 2. The zero-order chi connectivity index (χ0) is 15.5. The molecule has 0 radical (unpaired) electrons. The van der Waals surface area contributed by atoms with Gasteiger partial charge in [0.25, 0.3) is 0 Å². The van der Waals surface area contributed by atoms with Crippen LogP contribution in [0.1, 0.15) is 17.2 Å². The lowest BCUT2D eigenvalue weighted by Gasteiger charge is -1.95. The number of rotatable bonds is 5. The van der Waals surface area contributed by atoms with Gasteiger partial charge in [-0.3, -0.25) is 5.10 Å². The summed E-state index contributed by atoms with van der Waals surface area (Å²) in [6.45, 7) is 0. The average molecular weight is 321 g/mol. The first kappa shape index (κ1) is 14.0. The molecule has 2 N–H and O–H groups in total. The van der Waals surface area contributed by atoms with Crippen LogP contribution in [0.4, 0.5) is 0 Å². The van der Waals surface area contributed by atoms with Gasteiger partial charge in [0, 0.05) is 6.42 Å². The molecule has 5 nitrogen and oxygen atoms in total. The molecule has 0 aliphatic carbocycles. The fourth-order valence-corrected chi connectivity index (χ4v) is 3.10. The van der Waals surface area contributed by atoms with E-state index in [1.54, 1.807) is 11.8 Å². The van der Waals surface area contributed by atoms with Gasteiger partial charge >= 0.3 is 0 Å². The minimum absolute atomic E-state index is 0.720. The van der Waals surface area contributed by atoms with Crippen molar-refractivity contribution in [3.05, 3.63) is 71.8 Å². The number of fused-ring (bicyclic) bond motifs is 1. The third-order valence-electron chi connectivity index (χ3n) is 3.50. The van der Waals surface area contributed by atoms with Crippen LogP contribution in [0.2, 0.25) is 0 Å². The van der Waals surface area contributed by atoms with Gasteiger partial charge in [-0.25, -0.2) is 9.97 Å². The molecule has 6 heteroatoms. The molecule has 114 valence electrons. The van der Waals surface area contributed by atoms with Crippen molar-refractivity contribution in [3.63, 3.8) is 0 Å². The molecule has 0 unspecified atom stereocenters. The summed E-state index contributed by atoms with van der Waals surface area (Å²) in [6.07, 6.45) is 0.763. The van der Waals surface area contributed by atoms with E-state index in [0.29, 0.717) is 0 Å². The molecular weight excluding hydrogens is 306 g/mol. The molecule has 0 fully saturated rings. The molecule has 2 heterocycles. The first-order valence-corrected chi connectivity index (χ1v) is 8.37. The largest absolute Gasteiger partial charge is 0.341 e. The first-order valence-electron chi connectivity index (χ1n) is 7.38. The van der Waals surface area contributed by atoms with Gasteiger partial charge in [0.05, 0.1) is 16.8 Å². The highest BCUT2D eigenvalue weighted by molar-refractivity contribution is 7.98. The van der Waals surface area contributed by atoms with Crippen molar-refractivity contribution in [2.45, 2.75) is 17.3 Å². The maximum atomic E-state index is 4.56. The van der Waals surface area contributed by atoms with Gasteiger partial charge in [-0.1, -0.05) is 54.2 Å². The van der Waals surface area contributed by atoms with Crippen LogP contribution in [-0.2, 0) is 12.2 Å². The van der Waals surface area contributed by atoms with Crippen LogP contribution in [0.5, 0.6) is 0 Å². The number of thioether (sulfide) groups is 1. The Balaban J connectivity index is 1.41. The van der Waals surface area contributed by atoms with Crippen LogP contribution in [0.3, 0.4) is 0 Å². The average Bonchev–Trinajstić information content (AvgIpc) is 3.20. The molecule has 4 aromatic rings. The van der Waals surface area contributed by atoms with Crippen molar-refractivity contribution in [1.82, 2.24) is 25.1 Å². The first-order chi connectivity index (χ1) is 11.4. The molecular formula is C17H15N5S. The van der Waals surface area contributed by atoms with E-state index in [1.165, 1.54) is 5.56 Å². The topological polar surface area (TPSA) is 70.2 Å². The number of para-hydroxylation sites is 2. The van der Waals surface area contributed by atoms with Crippen molar-refractivity contribution >= 4 is 22.8 Å². The number of nitrogens with one attached hydrogen (secondary N) is 2. The van der Waals surface area contributed by atoms with Crippen molar-refractivity contribution in [2.24, 2.45) is 0 Å². The summed E-state index contributed by atoms with van der Waals surface area (Å²) in [5, 5.41) is 8.02. The Morgan fingerprint density at radius 3 is 2.57 bits per heavy atom. The number of nitrogens with zero attached hydrogens (tertiary/aromatic N) is 3. The quantitative estimate of drug-likeness (QED) is 0.551. The Morgan fingerprint density at radius 1 is 0.870 bits per heavy atom. The minimum Gasteiger partial charge on any atom is -0.341 e. The Kier molecular flexibility index (Phi) is 3.81.